The average Bonchev–Trinajstić information content (AvgIpc) is 3.07. The summed E-state index contributed by atoms with van der Waals surface area (Å²) < 4.78 is 6.23. The number of nitrogens with two attached hydrogens (primary N) is 2. The number of ether oxygens (including phenoxy) is 1. The fraction of sp³-hybridized carbons (Fsp3) is 0.478. The quantitative estimate of drug-likeness (QED) is 0.675. The van der Waals surface area contributed by atoms with E-state index in [9.17, 15) is 4.79 Å². The number of piperidine rings is 1. The lowest BCUT2D eigenvalue weighted by Gasteiger charge is -2.41. The minimum atomic E-state index is -0.598. The molecule has 3 aliphatic rings. The Morgan fingerprint density at radius 3 is 2.73 bits per heavy atom. The van der Waals surface area contributed by atoms with Crippen LogP contribution in [0.1, 0.15) is 71.4 Å². The van der Waals surface area contributed by atoms with Gasteiger partial charge in [-0.3, -0.25) is 4.79 Å². The molecule has 1 fully saturated rings. The van der Waals surface area contributed by atoms with Crippen molar-refractivity contribution in [2.45, 2.75) is 56.6 Å². The van der Waals surface area contributed by atoms with Crippen molar-refractivity contribution in [2.75, 3.05) is 18.0 Å². The maximum absolute atomic E-state index is 12.4. The molecule has 4 N–H and O–H groups in total. The smallest absolute Gasteiger partial charge is 0.267 e. The van der Waals surface area contributed by atoms with Crippen molar-refractivity contribution in [1.82, 2.24) is 15.0 Å². The molecule has 1 amide bonds. The topological polar surface area (TPSA) is 120 Å². The Bertz CT molecular complexity index is 1150. The molecule has 8 nitrogen and oxygen atoms in total. The minimum absolute atomic E-state index is 0.206. The van der Waals surface area contributed by atoms with Gasteiger partial charge in [0.15, 0.2) is 0 Å². The SMILES string of the molecule is Cc1nc(N2CCC3(CC2)Oc2ncccc2[C@@H]3N)nc(C(N)=O)c1C1CCCC(Cl)=C1Cl. The van der Waals surface area contributed by atoms with Crippen LogP contribution >= 0.6 is 23.2 Å². The summed E-state index contributed by atoms with van der Waals surface area (Å²) in [6.07, 6.45) is 5.48. The molecule has 2 aromatic heterocycles. The number of halogens is 2. The first kappa shape index (κ1) is 22.4. The predicted molar refractivity (Wildman–Crippen MR) is 127 cm³/mol. The summed E-state index contributed by atoms with van der Waals surface area (Å²) in [5.74, 6) is 0.273. The number of nitrogens with zero attached hydrogens (tertiary/aromatic N) is 4. The van der Waals surface area contributed by atoms with Crippen LogP contribution < -0.4 is 21.1 Å². The molecular formula is C23H26Cl2N6O2. The number of primary amides is 1. The fourth-order valence-electron chi connectivity index (χ4n) is 5.24. The van der Waals surface area contributed by atoms with Gasteiger partial charge in [-0.25, -0.2) is 15.0 Å². The van der Waals surface area contributed by atoms with Crippen molar-refractivity contribution in [3.63, 3.8) is 0 Å². The van der Waals surface area contributed by atoms with E-state index in [1.54, 1.807) is 6.20 Å². The fourth-order valence-corrected chi connectivity index (χ4v) is 5.82. The Morgan fingerprint density at radius 2 is 2.03 bits per heavy atom. The predicted octanol–water partition coefficient (Wildman–Crippen LogP) is 3.67. The Kier molecular flexibility index (Phi) is 5.71. The zero-order valence-corrected chi connectivity index (χ0v) is 19.9. The standard InChI is InChI=1S/C23H26Cl2N6O2/c1-12-16(13-4-2-6-15(24)17(13)25)18(20(27)32)30-22(29-12)31-10-7-23(8-11-31)19(26)14-5-3-9-28-21(14)33-23/h3,5,9,13,19H,2,4,6-8,10-11,26H2,1H3,(H2,27,32)/t13?,19-/m0/s1. The van der Waals surface area contributed by atoms with Crippen molar-refractivity contribution < 1.29 is 9.53 Å². The molecule has 4 heterocycles. The molecule has 1 saturated heterocycles. The summed E-state index contributed by atoms with van der Waals surface area (Å²) in [7, 11) is 0. The Balaban J connectivity index is 1.41. The number of aryl methyl sites for hydroxylation is 1. The van der Waals surface area contributed by atoms with Gasteiger partial charge in [-0.15, -0.1) is 0 Å². The van der Waals surface area contributed by atoms with Gasteiger partial charge in [-0.2, -0.15) is 0 Å². The molecular weight excluding hydrogens is 463 g/mol. The van der Waals surface area contributed by atoms with Crippen LogP contribution in [-0.2, 0) is 0 Å². The zero-order chi connectivity index (χ0) is 23.3. The molecule has 10 heteroatoms. The number of aromatic nitrogens is 3. The van der Waals surface area contributed by atoms with Gasteiger partial charge in [0, 0.05) is 64.9 Å². The Labute approximate surface area is 202 Å². The molecule has 0 aromatic carbocycles. The molecule has 0 saturated carbocycles. The van der Waals surface area contributed by atoms with E-state index in [1.807, 2.05) is 24.0 Å². The summed E-state index contributed by atoms with van der Waals surface area (Å²) in [6.45, 7) is 3.13. The molecule has 1 unspecified atom stereocenters. The van der Waals surface area contributed by atoms with E-state index in [1.165, 1.54) is 0 Å². The molecule has 1 aliphatic carbocycles. The highest BCUT2D eigenvalue weighted by Gasteiger charge is 2.49. The molecule has 5 rings (SSSR count). The normalized spacial score (nSPS) is 24.1. The van der Waals surface area contributed by atoms with Gasteiger partial charge in [0.05, 0.1) is 6.04 Å². The zero-order valence-electron chi connectivity index (χ0n) is 18.4. The van der Waals surface area contributed by atoms with Gasteiger partial charge in [0.1, 0.15) is 11.3 Å². The maximum atomic E-state index is 12.4. The lowest BCUT2D eigenvalue weighted by Crippen LogP contribution is -2.52. The van der Waals surface area contributed by atoms with Gasteiger partial charge in [0.2, 0.25) is 11.8 Å². The lowest BCUT2D eigenvalue weighted by molar-refractivity contribution is 0.0396. The van der Waals surface area contributed by atoms with Crippen LogP contribution in [0.15, 0.2) is 28.4 Å². The third-order valence-electron chi connectivity index (χ3n) is 7.06. The first-order valence-electron chi connectivity index (χ1n) is 11.2. The van der Waals surface area contributed by atoms with Crippen LogP contribution in [0.5, 0.6) is 5.88 Å². The van der Waals surface area contributed by atoms with E-state index < -0.39 is 11.5 Å². The average molecular weight is 489 g/mol. The summed E-state index contributed by atoms with van der Waals surface area (Å²) in [5.41, 5.74) is 14.3. The van der Waals surface area contributed by atoms with Crippen molar-refractivity contribution in [3.8, 4) is 5.88 Å². The van der Waals surface area contributed by atoms with Crippen LogP contribution in [0.25, 0.3) is 0 Å². The third kappa shape index (κ3) is 3.74. The monoisotopic (exact) mass is 488 g/mol. The molecule has 1 spiro atoms. The second-order valence-electron chi connectivity index (χ2n) is 8.96. The highest BCUT2D eigenvalue weighted by atomic mass is 35.5. The maximum Gasteiger partial charge on any atom is 0.267 e. The van der Waals surface area contributed by atoms with Crippen LogP contribution in [0.4, 0.5) is 5.95 Å². The van der Waals surface area contributed by atoms with Crippen LogP contribution in [0.2, 0.25) is 0 Å². The summed E-state index contributed by atoms with van der Waals surface area (Å²) in [5, 5.41) is 1.17. The number of hydrogen-bond acceptors (Lipinski definition) is 7. The first-order valence-corrected chi connectivity index (χ1v) is 11.9. The second kappa shape index (κ2) is 8.42. The van der Waals surface area contributed by atoms with Gasteiger partial charge in [0.25, 0.3) is 5.91 Å². The van der Waals surface area contributed by atoms with Crippen molar-refractivity contribution in [2.24, 2.45) is 11.5 Å². The van der Waals surface area contributed by atoms with Gasteiger partial charge in [-0.05, 0) is 32.3 Å². The molecule has 33 heavy (non-hydrogen) atoms. The third-order valence-corrected chi connectivity index (χ3v) is 8.04. The molecule has 0 radical (unpaired) electrons. The number of hydrogen-bond donors (Lipinski definition) is 2. The number of anilines is 1. The Hall–Kier alpha value is -2.42. The number of amides is 1. The van der Waals surface area contributed by atoms with E-state index in [0.29, 0.717) is 59.1 Å². The van der Waals surface area contributed by atoms with Crippen LogP contribution in [-0.4, -0.2) is 39.5 Å². The number of allylic oxidation sites excluding steroid dienone is 2. The second-order valence-corrected chi connectivity index (χ2v) is 9.83. The lowest BCUT2D eigenvalue weighted by atomic mass is 9.83. The summed E-state index contributed by atoms with van der Waals surface area (Å²) in [6, 6.07) is 3.61. The first-order chi connectivity index (χ1) is 15.8. The van der Waals surface area contributed by atoms with Gasteiger partial charge < -0.3 is 21.1 Å². The minimum Gasteiger partial charge on any atom is -0.469 e. The van der Waals surface area contributed by atoms with E-state index in [-0.39, 0.29) is 17.7 Å². The molecule has 2 aromatic rings. The van der Waals surface area contributed by atoms with Crippen LogP contribution in [0, 0.1) is 6.92 Å². The number of carbonyl (C=O) groups excluding carboxylic acids is 1. The number of fused-ring (bicyclic) bond motifs is 1. The van der Waals surface area contributed by atoms with Gasteiger partial charge in [-0.1, -0.05) is 29.3 Å². The van der Waals surface area contributed by atoms with Crippen molar-refractivity contribution >= 4 is 35.1 Å². The summed E-state index contributed by atoms with van der Waals surface area (Å²) >= 11 is 12.8. The van der Waals surface area contributed by atoms with E-state index in [2.05, 4.69) is 9.97 Å². The Morgan fingerprint density at radius 1 is 1.27 bits per heavy atom. The number of rotatable bonds is 3. The van der Waals surface area contributed by atoms with Gasteiger partial charge >= 0.3 is 0 Å². The van der Waals surface area contributed by atoms with E-state index in [0.717, 1.165) is 24.8 Å². The van der Waals surface area contributed by atoms with Crippen molar-refractivity contribution in [3.05, 3.63) is 50.9 Å². The highest BCUT2D eigenvalue weighted by Crippen LogP contribution is 2.47. The largest absolute Gasteiger partial charge is 0.469 e. The van der Waals surface area contributed by atoms with Crippen molar-refractivity contribution in [1.29, 1.82) is 0 Å². The number of pyridine rings is 1. The molecule has 174 valence electrons. The molecule has 2 aliphatic heterocycles. The highest BCUT2D eigenvalue weighted by molar-refractivity contribution is 6.39. The molecule has 0 bridgehead atoms. The summed E-state index contributed by atoms with van der Waals surface area (Å²) in [4.78, 5) is 28.1. The molecule has 2 atom stereocenters. The number of carbonyl (C=O) groups is 1. The van der Waals surface area contributed by atoms with E-state index >= 15 is 0 Å². The van der Waals surface area contributed by atoms with E-state index in [4.69, 9.17) is 44.4 Å². The van der Waals surface area contributed by atoms with Crippen LogP contribution in [0.3, 0.4) is 0 Å².